The van der Waals surface area contributed by atoms with Crippen LogP contribution < -0.4 is 0 Å². The minimum absolute atomic E-state index is 0.643. The molecule has 0 fully saturated rings. The molecule has 0 aliphatic rings. The van der Waals surface area contributed by atoms with E-state index in [1.165, 1.54) is 5.56 Å². The smallest absolute Gasteiger partial charge is 0.139 e. The fourth-order valence-electron chi connectivity index (χ4n) is 2.36. The highest BCUT2D eigenvalue weighted by Crippen LogP contribution is 2.25. The first-order chi connectivity index (χ1) is 10.1. The molecule has 1 N–H and O–H groups in total. The first-order valence-electron chi connectivity index (χ1n) is 6.88. The molecule has 1 heterocycles. The van der Waals surface area contributed by atoms with Gasteiger partial charge in [0, 0.05) is 11.1 Å². The van der Waals surface area contributed by atoms with Gasteiger partial charge in [0.15, 0.2) is 0 Å². The summed E-state index contributed by atoms with van der Waals surface area (Å²) in [6.45, 7) is 4.08. The van der Waals surface area contributed by atoms with Crippen LogP contribution in [0, 0.1) is 18.5 Å². The zero-order valence-corrected chi connectivity index (χ0v) is 12.9. The Kier molecular flexibility index (Phi) is 3.67. The summed E-state index contributed by atoms with van der Waals surface area (Å²) in [5, 5.41) is 0. The van der Waals surface area contributed by atoms with E-state index in [9.17, 15) is 0 Å². The molecule has 0 saturated carbocycles. The lowest BCUT2D eigenvalue weighted by Crippen LogP contribution is -1.97. The van der Waals surface area contributed by atoms with Crippen molar-refractivity contribution < 1.29 is 0 Å². The second-order valence-electron chi connectivity index (χ2n) is 5.13. The second-order valence-corrected chi connectivity index (χ2v) is 5.51. The molecular weight excluding hydrogens is 276 g/mol. The normalized spacial score (nSPS) is 10.6. The van der Waals surface area contributed by atoms with Gasteiger partial charge < -0.3 is 4.98 Å². The van der Waals surface area contributed by atoms with E-state index in [1.807, 2.05) is 37.3 Å². The van der Waals surface area contributed by atoms with Crippen molar-refractivity contribution >= 4 is 12.2 Å². The molecule has 0 aliphatic carbocycles. The SMILES string of the molecule is Cc1cccc(-c2nc(=S)c(C)c(-c3ccccc3)[nH]2)c1. The average Bonchev–Trinajstić information content (AvgIpc) is 2.51. The standard InChI is InChI=1S/C18H16N2S/c1-12-7-6-10-15(11-12)17-19-16(13(2)18(21)20-17)14-8-4-3-5-9-14/h3-11H,1-2H3,(H,19,20,21). The Morgan fingerprint density at radius 2 is 1.62 bits per heavy atom. The topological polar surface area (TPSA) is 28.7 Å². The summed E-state index contributed by atoms with van der Waals surface area (Å²) in [4.78, 5) is 7.97. The molecule has 2 nitrogen and oxygen atoms in total. The predicted octanol–water partition coefficient (Wildman–Crippen LogP) is 5.09. The van der Waals surface area contributed by atoms with Crippen LogP contribution in [-0.4, -0.2) is 9.97 Å². The van der Waals surface area contributed by atoms with Crippen LogP contribution in [0.4, 0.5) is 0 Å². The van der Waals surface area contributed by atoms with Crippen LogP contribution in [0.1, 0.15) is 11.1 Å². The zero-order valence-electron chi connectivity index (χ0n) is 12.1. The van der Waals surface area contributed by atoms with E-state index < -0.39 is 0 Å². The maximum atomic E-state index is 5.43. The van der Waals surface area contributed by atoms with Crippen molar-refractivity contribution in [3.63, 3.8) is 0 Å². The molecule has 0 radical (unpaired) electrons. The van der Waals surface area contributed by atoms with Crippen molar-refractivity contribution in [3.05, 3.63) is 70.4 Å². The van der Waals surface area contributed by atoms with Gasteiger partial charge in [0.05, 0.1) is 5.69 Å². The molecule has 0 unspecified atom stereocenters. The van der Waals surface area contributed by atoms with Gasteiger partial charge in [-0.2, -0.15) is 0 Å². The fourth-order valence-corrected chi connectivity index (χ4v) is 2.55. The lowest BCUT2D eigenvalue weighted by molar-refractivity contribution is 1.12. The number of hydrogen-bond donors (Lipinski definition) is 1. The van der Waals surface area contributed by atoms with Gasteiger partial charge in [0.2, 0.25) is 0 Å². The second kappa shape index (κ2) is 5.62. The Hall–Kier alpha value is -2.26. The van der Waals surface area contributed by atoms with Crippen LogP contribution in [-0.2, 0) is 0 Å². The molecule has 3 aromatic rings. The number of nitrogens with one attached hydrogen (secondary N) is 1. The number of aromatic nitrogens is 2. The van der Waals surface area contributed by atoms with E-state index in [2.05, 4.69) is 41.2 Å². The van der Waals surface area contributed by atoms with Gasteiger partial charge in [-0.15, -0.1) is 0 Å². The van der Waals surface area contributed by atoms with Crippen molar-refractivity contribution in [2.45, 2.75) is 13.8 Å². The van der Waals surface area contributed by atoms with E-state index in [4.69, 9.17) is 12.2 Å². The Balaban J connectivity index is 2.21. The van der Waals surface area contributed by atoms with Gasteiger partial charge >= 0.3 is 0 Å². The summed E-state index contributed by atoms with van der Waals surface area (Å²) in [6, 6.07) is 18.5. The fraction of sp³-hybridized carbons (Fsp3) is 0.111. The first kappa shape index (κ1) is 13.7. The van der Waals surface area contributed by atoms with Crippen molar-refractivity contribution in [1.29, 1.82) is 0 Å². The van der Waals surface area contributed by atoms with E-state index in [-0.39, 0.29) is 0 Å². The van der Waals surface area contributed by atoms with Crippen LogP contribution in [0.3, 0.4) is 0 Å². The first-order valence-corrected chi connectivity index (χ1v) is 7.29. The summed E-state index contributed by atoms with van der Waals surface area (Å²) in [5.74, 6) is 0.813. The Bertz CT molecular complexity index is 835. The highest BCUT2D eigenvalue weighted by molar-refractivity contribution is 7.71. The van der Waals surface area contributed by atoms with Crippen LogP contribution in [0.15, 0.2) is 54.6 Å². The van der Waals surface area contributed by atoms with Crippen molar-refractivity contribution in [2.24, 2.45) is 0 Å². The number of aryl methyl sites for hydroxylation is 1. The molecule has 21 heavy (non-hydrogen) atoms. The maximum absolute atomic E-state index is 5.43. The Morgan fingerprint density at radius 1 is 0.905 bits per heavy atom. The minimum atomic E-state index is 0.643. The largest absolute Gasteiger partial charge is 0.339 e. The number of H-pyrrole nitrogens is 1. The third-order valence-corrected chi connectivity index (χ3v) is 3.90. The van der Waals surface area contributed by atoms with Crippen LogP contribution in [0.2, 0.25) is 0 Å². The van der Waals surface area contributed by atoms with Crippen molar-refractivity contribution in [1.82, 2.24) is 9.97 Å². The predicted molar refractivity (Wildman–Crippen MR) is 89.8 cm³/mol. The maximum Gasteiger partial charge on any atom is 0.139 e. The highest BCUT2D eigenvalue weighted by atomic mass is 32.1. The molecule has 104 valence electrons. The lowest BCUT2D eigenvalue weighted by atomic mass is 10.1. The molecule has 0 aliphatic heterocycles. The monoisotopic (exact) mass is 292 g/mol. The molecule has 0 saturated heterocycles. The van der Waals surface area contributed by atoms with Gasteiger partial charge in [-0.3, -0.25) is 0 Å². The third-order valence-electron chi connectivity index (χ3n) is 3.51. The number of hydrogen-bond acceptors (Lipinski definition) is 2. The quantitative estimate of drug-likeness (QED) is 0.666. The van der Waals surface area contributed by atoms with Gasteiger partial charge in [-0.25, -0.2) is 4.98 Å². The summed E-state index contributed by atoms with van der Waals surface area (Å²) >= 11 is 5.43. The summed E-state index contributed by atoms with van der Waals surface area (Å²) in [7, 11) is 0. The number of benzene rings is 2. The highest BCUT2D eigenvalue weighted by Gasteiger charge is 2.08. The van der Waals surface area contributed by atoms with E-state index in [1.54, 1.807) is 0 Å². The van der Waals surface area contributed by atoms with Crippen LogP contribution >= 0.6 is 12.2 Å². The van der Waals surface area contributed by atoms with Gasteiger partial charge in [-0.05, 0) is 25.5 Å². The number of rotatable bonds is 2. The van der Waals surface area contributed by atoms with Gasteiger partial charge in [-0.1, -0.05) is 66.3 Å². The van der Waals surface area contributed by atoms with E-state index >= 15 is 0 Å². The Labute approximate surface area is 129 Å². The molecule has 0 bridgehead atoms. The molecule has 0 spiro atoms. The molecule has 0 atom stereocenters. The number of aromatic amines is 1. The Morgan fingerprint density at radius 3 is 2.33 bits per heavy atom. The summed E-state index contributed by atoms with van der Waals surface area (Å²) in [5.41, 5.74) is 5.42. The van der Waals surface area contributed by atoms with E-state index in [0.717, 1.165) is 28.2 Å². The molecule has 2 aromatic carbocycles. The summed E-state index contributed by atoms with van der Waals surface area (Å²) in [6.07, 6.45) is 0. The third kappa shape index (κ3) is 2.78. The van der Waals surface area contributed by atoms with Crippen molar-refractivity contribution in [2.75, 3.05) is 0 Å². The molecular formula is C18H16N2S. The molecule has 1 aromatic heterocycles. The zero-order chi connectivity index (χ0) is 14.8. The lowest BCUT2D eigenvalue weighted by Gasteiger charge is -2.10. The van der Waals surface area contributed by atoms with Gasteiger partial charge in [0.25, 0.3) is 0 Å². The van der Waals surface area contributed by atoms with Crippen LogP contribution in [0.25, 0.3) is 22.6 Å². The van der Waals surface area contributed by atoms with E-state index in [0.29, 0.717) is 4.64 Å². The molecule has 3 rings (SSSR count). The average molecular weight is 292 g/mol. The molecule has 3 heteroatoms. The minimum Gasteiger partial charge on any atom is -0.339 e. The van der Waals surface area contributed by atoms with Crippen molar-refractivity contribution in [3.8, 4) is 22.6 Å². The van der Waals surface area contributed by atoms with Gasteiger partial charge in [0.1, 0.15) is 10.5 Å². The number of nitrogens with zero attached hydrogens (tertiary/aromatic N) is 1. The van der Waals surface area contributed by atoms with Crippen LogP contribution in [0.5, 0.6) is 0 Å². The summed E-state index contributed by atoms with van der Waals surface area (Å²) < 4.78 is 0.643. The molecule has 0 amide bonds.